The van der Waals surface area contributed by atoms with Crippen LogP contribution in [0.3, 0.4) is 0 Å². The van der Waals surface area contributed by atoms with Gasteiger partial charge in [0.05, 0.1) is 6.61 Å². The van der Waals surface area contributed by atoms with Crippen molar-refractivity contribution in [3.8, 4) is 11.5 Å². The molecule has 4 heteroatoms. The number of benzene rings is 1. The number of rotatable bonds is 4. The van der Waals surface area contributed by atoms with Crippen molar-refractivity contribution >= 4 is 0 Å². The fourth-order valence-corrected chi connectivity index (χ4v) is 3.45. The summed E-state index contributed by atoms with van der Waals surface area (Å²) in [4.78, 5) is 2.51. The van der Waals surface area contributed by atoms with Crippen LogP contribution in [-0.2, 0) is 6.54 Å². The highest BCUT2D eigenvalue weighted by Gasteiger charge is 2.33. The zero-order chi connectivity index (χ0) is 13.9. The first-order valence-electron chi connectivity index (χ1n) is 7.66. The Balaban J connectivity index is 1.64. The van der Waals surface area contributed by atoms with Crippen LogP contribution in [0.2, 0.25) is 0 Å². The van der Waals surface area contributed by atoms with E-state index in [1.54, 1.807) is 6.07 Å². The molecule has 0 aromatic heterocycles. The van der Waals surface area contributed by atoms with Crippen molar-refractivity contribution in [1.29, 1.82) is 0 Å². The van der Waals surface area contributed by atoms with Crippen molar-refractivity contribution in [1.82, 2.24) is 10.2 Å². The number of phenols is 1. The van der Waals surface area contributed by atoms with Gasteiger partial charge >= 0.3 is 0 Å². The zero-order valence-corrected chi connectivity index (χ0v) is 12.1. The van der Waals surface area contributed by atoms with Crippen molar-refractivity contribution in [2.24, 2.45) is 5.92 Å². The number of likely N-dealkylation sites (tertiary alicyclic amines) is 1. The minimum atomic E-state index is 0.229. The summed E-state index contributed by atoms with van der Waals surface area (Å²) in [5, 5.41) is 13.4. The molecule has 2 aliphatic heterocycles. The van der Waals surface area contributed by atoms with Gasteiger partial charge in [0, 0.05) is 25.7 Å². The molecule has 1 aromatic rings. The summed E-state index contributed by atoms with van der Waals surface area (Å²) in [5.41, 5.74) is 1.21. The van der Waals surface area contributed by atoms with Crippen LogP contribution in [0.1, 0.15) is 25.3 Å². The molecular formula is C16H24N2O2. The summed E-state index contributed by atoms with van der Waals surface area (Å²) in [7, 11) is 0. The molecule has 2 saturated heterocycles. The zero-order valence-electron chi connectivity index (χ0n) is 12.1. The standard InChI is InChI=1S/C16H24N2O2/c1-2-20-16-8-12(5-6-15(16)19)9-18-10-13-4-3-7-17-14(13)11-18/h5-6,8,13-14,17,19H,2-4,7,9-11H2,1H3. The van der Waals surface area contributed by atoms with E-state index >= 15 is 0 Å². The molecule has 110 valence electrons. The Hall–Kier alpha value is -1.26. The van der Waals surface area contributed by atoms with Crippen LogP contribution in [0, 0.1) is 5.92 Å². The number of nitrogens with zero attached hydrogens (tertiary/aromatic N) is 1. The van der Waals surface area contributed by atoms with Gasteiger partial charge < -0.3 is 15.2 Å². The van der Waals surface area contributed by atoms with Gasteiger partial charge in [-0.3, -0.25) is 4.90 Å². The summed E-state index contributed by atoms with van der Waals surface area (Å²) in [6, 6.07) is 6.37. The van der Waals surface area contributed by atoms with E-state index in [4.69, 9.17) is 4.74 Å². The van der Waals surface area contributed by atoms with Gasteiger partial charge in [-0.15, -0.1) is 0 Å². The number of nitrogens with one attached hydrogen (secondary N) is 1. The van der Waals surface area contributed by atoms with Crippen molar-refractivity contribution in [2.75, 3.05) is 26.2 Å². The van der Waals surface area contributed by atoms with Gasteiger partial charge in [-0.2, -0.15) is 0 Å². The number of ether oxygens (including phenoxy) is 1. The second-order valence-corrected chi connectivity index (χ2v) is 5.89. The summed E-state index contributed by atoms with van der Waals surface area (Å²) < 4.78 is 5.46. The Kier molecular flexibility index (Phi) is 4.13. The molecule has 2 aliphatic rings. The molecule has 2 heterocycles. The van der Waals surface area contributed by atoms with Crippen molar-refractivity contribution in [3.05, 3.63) is 23.8 Å². The molecule has 0 bridgehead atoms. The molecular weight excluding hydrogens is 252 g/mol. The second kappa shape index (κ2) is 6.02. The highest BCUT2D eigenvalue weighted by molar-refractivity contribution is 5.41. The van der Waals surface area contributed by atoms with Crippen molar-refractivity contribution in [2.45, 2.75) is 32.4 Å². The quantitative estimate of drug-likeness (QED) is 0.882. The molecule has 0 saturated carbocycles. The lowest BCUT2D eigenvalue weighted by atomic mass is 9.94. The largest absolute Gasteiger partial charge is 0.504 e. The lowest BCUT2D eigenvalue weighted by Gasteiger charge is -2.24. The SMILES string of the molecule is CCOc1cc(CN2CC3CCCNC3C2)ccc1O. The maximum atomic E-state index is 9.75. The van der Waals surface area contributed by atoms with Crippen LogP contribution in [0.15, 0.2) is 18.2 Å². The van der Waals surface area contributed by atoms with Crippen LogP contribution in [-0.4, -0.2) is 42.3 Å². The first kappa shape index (κ1) is 13.7. The summed E-state index contributed by atoms with van der Waals surface area (Å²) in [6.45, 7) is 6.94. The molecule has 20 heavy (non-hydrogen) atoms. The number of phenolic OH excluding ortho intramolecular Hbond substituents is 1. The molecule has 0 amide bonds. The maximum absolute atomic E-state index is 9.75. The van der Waals surface area contributed by atoms with Crippen LogP contribution in [0.25, 0.3) is 0 Å². The Labute approximate surface area is 120 Å². The lowest BCUT2D eigenvalue weighted by molar-refractivity contribution is 0.305. The average Bonchev–Trinajstić information content (AvgIpc) is 2.85. The lowest BCUT2D eigenvalue weighted by Crippen LogP contribution is -2.40. The number of hydrogen-bond donors (Lipinski definition) is 2. The van der Waals surface area contributed by atoms with E-state index in [2.05, 4.69) is 10.2 Å². The van der Waals surface area contributed by atoms with Gasteiger partial charge in [0.2, 0.25) is 0 Å². The van der Waals surface area contributed by atoms with Gasteiger partial charge in [-0.05, 0) is 49.9 Å². The minimum absolute atomic E-state index is 0.229. The molecule has 0 radical (unpaired) electrons. The van der Waals surface area contributed by atoms with Gasteiger partial charge in [0.25, 0.3) is 0 Å². The number of piperidine rings is 1. The third-order valence-electron chi connectivity index (χ3n) is 4.41. The number of fused-ring (bicyclic) bond motifs is 1. The minimum Gasteiger partial charge on any atom is -0.504 e. The highest BCUT2D eigenvalue weighted by Crippen LogP contribution is 2.29. The summed E-state index contributed by atoms with van der Waals surface area (Å²) >= 11 is 0. The van der Waals surface area contributed by atoms with Gasteiger partial charge in [0.1, 0.15) is 0 Å². The highest BCUT2D eigenvalue weighted by atomic mass is 16.5. The summed E-state index contributed by atoms with van der Waals surface area (Å²) in [6.07, 6.45) is 2.66. The van der Waals surface area contributed by atoms with E-state index in [0.29, 0.717) is 18.4 Å². The molecule has 2 atom stereocenters. The Morgan fingerprint density at radius 3 is 3.10 bits per heavy atom. The fraction of sp³-hybridized carbons (Fsp3) is 0.625. The fourth-order valence-electron chi connectivity index (χ4n) is 3.45. The van der Waals surface area contributed by atoms with E-state index in [1.807, 2.05) is 19.1 Å². The van der Waals surface area contributed by atoms with E-state index < -0.39 is 0 Å². The first-order valence-corrected chi connectivity index (χ1v) is 7.66. The molecule has 2 N–H and O–H groups in total. The maximum Gasteiger partial charge on any atom is 0.161 e. The molecule has 1 aromatic carbocycles. The molecule has 4 nitrogen and oxygen atoms in total. The van der Waals surface area contributed by atoms with Gasteiger partial charge in [-0.25, -0.2) is 0 Å². The predicted molar refractivity (Wildman–Crippen MR) is 79.1 cm³/mol. The van der Waals surface area contributed by atoms with E-state index in [9.17, 15) is 5.11 Å². The molecule has 2 fully saturated rings. The predicted octanol–water partition coefficient (Wildman–Crippen LogP) is 1.97. The number of hydrogen-bond acceptors (Lipinski definition) is 4. The normalized spacial score (nSPS) is 26.4. The van der Waals surface area contributed by atoms with E-state index in [-0.39, 0.29) is 5.75 Å². The average molecular weight is 276 g/mol. The van der Waals surface area contributed by atoms with Crippen LogP contribution >= 0.6 is 0 Å². The molecule has 0 spiro atoms. The third-order valence-corrected chi connectivity index (χ3v) is 4.41. The number of aromatic hydroxyl groups is 1. The Bertz CT molecular complexity index is 450. The van der Waals surface area contributed by atoms with Crippen LogP contribution in [0.4, 0.5) is 0 Å². The van der Waals surface area contributed by atoms with Gasteiger partial charge in [0.15, 0.2) is 11.5 Å². The van der Waals surface area contributed by atoms with Crippen molar-refractivity contribution in [3.63, 3.8) is 0 Å². The Morgan fingerprint density at radius 1 is 1.40 bits per heavy atom. The first-order chi connectivity index (χ1) is 9.76. The van der Waals surface area contributed by atoms with Crippen LogP contribution < -0.4 is 10.1 Å². The smallest absolute Gasteiger partial charge is 0.161 e. The Morgan fingerprint density at radius 2 is 2.30 bits per heavy atom. The van der Waals surface area contributed by atoms with E-state index in [0.717, 1.165) is 19.0 Å². The summed E-state index contributed by atoms with van der Waals surface area (Å²) in [5.74, 6) is 1.64. The monoisotopic (exact) mass is 276 g/mol. The van der Waals surface area contributed by atoms with Crippen molar-refractivity contribution < 1.29 is 9.84 Å². The van der Waals surface area contributed by atoms with Crippen LogP contribution in [0.5, 0.6) is 11.5 Å². The van der Waals surface area contributed by atoms with Gasteiger partial charge in [-0.1, -0.05) is 6.07 Å². The second-order valence-electron chi connectivity index (χ2n) is 5.89. The third kappa shape index (κ3) is 2.91. The van der Waals surface area contributed by atoms with E-state index in [1.165, 1.54) is 31.5 Å². The molecule has 3 rings (SSSR count). The molecule has 2 unspecified atom stereocenters. The topological polar surface area (TPSA) is 44.7 Å². The molecule has 0 aliphatic carbocycles.